The van der Waals surface area contributed by atoms with Crippen molar-refractivity contribution in [3.8, 4) is 0 Å². The molecule has 6 nitrogen and oxygen atoms in total. The van der Waals surface area contributed by atoms with Crippen LogP contribution in [0.15, 0.2) is 30.3 Å². The maximum Gasteiger partial charge on any atom is 0.280 e. The van der Waals surface area contributed by atoms with Gasteiger partial charge in [-0.15, -0.1) is 0 Å². The van der Waals surface area contributed by atoms with E-state index in [-0.39, 0.29) is 5.84 Å². The average molecular weight is 310 g/mol. The molecule has 1 aromatic rings. The molecule has 0 aromatic heterocycles. The quantitative estimate of drug-likeness (QED) is 0.563. The zero-order chi connectivity index (χ0) is 15.5. The minimum atomic E-state index is -3.64. The molecule has 1 fully saturated rings. The summed E-state index contributed by atoms with van der Waals surface area (Å²) >= 11 is 0. The first-order valence-corrected chi connectivity index (χ1v) is 8.50. The molecule has 1 atom stereocenters. The number of nitrogens with two attached hydrogens (primary N) is 1. The standard InChI is InChI=1S/C14H22N4O2S/c1-11-7-9-18(10-8-11)21(19,20)17-13(14(15)16)12-5-3-2-4-6-12/h2-6,11,13,17H,7-10H2,1H3,(H3,15,16). The molecule has 1 aliphatic heterocycles. The molecule has 0 spiro atoms. The predicted molar refractivity (Wildman–Crippen MR) is 83.1 cm³/mol. The van der Waals surface area contributed by atoms with Gasteiger partial charge in [0, 0.05) is 13.1 Å². The number of piperidine rings is 1. The summed E-state index contributed by atoms with van der Waals surface area (Å²) < 4.78 is 28.9. The minimum absolute atomic E-state index is 0.213. The van der Waals surface area contributed by atoms with E-state index in [2.05, 4.69) is 11.6 Å². The van der Waals surface area contributed by atoms with Gasteiger partial charge in [0.25, 0.3) is 10.2 Å². The fourth-order valence-electron chi connectivity index (χ4n) is 2.41. The smallest absolute Gasteiger partial charge is 0.280 e. The maximum absolute atomic E-state index is 12.4. The van der Waals surface area contributed by atoms with E-state index < -0.39 is 16.3 Å². The van der Waals surface area contributed by atoms with Crippen molar-refractivity contribution in [3.05, 3.63) is 35.9 Å². The summed E-state index contributed by atoms with van der Waals surface area (Å²) in [4.78, 5) is 0. The molecule has 1 heterocycles. The number of rotatable bonds is 5. The van der Waals surface area contributed by atoms with E-state index in [4.69, 9.17) is 11.1 Å². The second kappa shape index (κ2) is 6.55. The number of hydrogen-bond acceptors (Lipinski definition) is 3. The zero-order valence-corrected chi connectivity index (χ0v) is 12.9. The summed E-state index contributed by atoms with van der Waals surface area (Å²) in [7, 11) is -3.64. The molecular formula is C14H22N4O2S. The van der Waals surface area contributed by atoms with Gasteiger partial charge in [0.05, 0.1) is 0 Å². The van der Waals surface area contributed by atoms with Crippen LogP contribution in [0.2, 0.25) is 0 Å². The molecule has 1 unspecified atom stereocenters. The molecule has 4 N–H and O–H groups in total. The van der Waals surface area contributed by atoms with Crippen molar-refractivity contribution in [3.63, 3.8) is 0 Å². The molecule has 1 aliphatic rings. The first-order valence-electron chi connectivity index (χ1n) is 7.06. The topological polar surface area (TPSA) is 99.3 Å². The first-order chi connectivity index (χ1) is 9.90. The van der Waals surface area contributed by atoms with Crippen molar-refractivity contribution in [1.29, 1.82) is 5.41 Å². The molecular weight excluding hydrogens is 288 g/mol. The summed E-state index contributed by atoms with van der Waals surface area (Å²) in [6, 6.07) is 8.11. The number of benzene rings is 1. The molecule has 2 rings (SSSR count). The fourth-order valence-corrected chi connectivity index (χ4v) is 3.81. The molecule has 0 saturated carbocycles. The largest absolute Gasteiger partial charge is 0.386 e. The van der Waals surface area contributed by atoms with Crippen LogP contribution in [0.4, 0.5) is 0 Å². The van der Waals surface area contributed by atoms with Gasteiger partial charge in [0.1, 0.15) is 11.9 Å². The van der Waals surface area contributed by atoms with Crippen molar-refractivity contribution < 1.29 is 8.42 Å². The van der Waals surface area contributed by atoms with Gasteiger partial charge in [-0.2, -0.15) is 17.4 Å². The van der Waals surface area contributed by atoms with Crippen LogP contribution in [0.5, 0.6) is 0 Å². The molecule has 21 heavy (non-hydrogen) atoms. The fraction of sp³-hybridized carbons (Fsp3) is 0.500. The van der Waals surface area contributed by atoms with E-state index in [1.807, 2.05) is 6.07 Å². The first kappa shape index (κ1) is 15.9. The van der Waals surface area contributed by atoms with Crippen molar-refractivity contribution in [2.75, 3.05) is 13.1 Å². The van der Waals surface area contributed by atoms with Gasteiger partial charge in [-0.3, -0.25) is 5.41 Å². The SMILES string of the molecule is CC1CCN(S(=O)(=O)NC(C(=N)N)c2ccccc2)CC1. The Morgan fingerprint density at radius 1 is 1.33 bits per heavy atom. The molecule has 0 bridgehead atoms. The Balaban J connectivity index is 2.15. The van der Waals surface area contributed by atoms with Crippen LogP contribution in [0.3, 0.4) is 0 Å². The highest BCUT2D eigenvalue weighted by Gasteiger charge is 2.30. The van der Waals surface area contributed by atoms with E-state index in [0.29, 0.717) is 24.6 Å². The van der Waals surface area contributed by atoms with E-state index in [9.17, 15) is 8.42 Å². The summed E-state index contributed by atoms with van der Waals surface area (Å²) in [5.74, 6) is 0.337. The van der Waals surface area contributed by atoms with Crippen LogP contribution in [0.25, 0.3) is 0 Å². The highest BCUT2D eigenvalue weighted by molar-refractivity contribution is 7.87. The molecule has 7 heteroatoms. The normalized spacial score (nSPS) is 19.3. The molecule has 0 aliphatic carbocycles. The number of nitrogens with one attached hydrogen (secondary N) is 2. The summed E-state index contributed by atoms with van der Waals surface area (Å²) in [6.07, 6.45) is 1.72. The molecule has 0 amide bonds. The van der Waals surface area contributed by atoms with Crippen LogP contribution < -0.4 is 10.5 Å². The third-order valence-electron chi connectivity index (χ3n) is 3.79. The van der Waals surface area contributed by atoms with E-state index in [1.165, 1.54) is 4.31 Å². The molecule has 116 valence electrons. The Morgan fingerprint density at radius 3 is 2.43 bits per heavy atom. The Labute approximate surface area is 126 Å². The number of nitrogens with zero attached hydrogens (tertiary/aromatic N) is 1. The average Bonchev–Trinajstić information content (AvgIpc) is 2.46. The Kier molecular flexibility index (Phi) is 4.97. The minimum Gasteiger partial charge on any atom is -0.386 e. The highest BCUT2D eigenvalue weighted by Crippen LogP contribution is 2.20. The lowest BCUT2D eigenvalue weighted by atomic mass is 10.0. The van der Waals surface area contributed by atoms with Gasteiger partial charge in [0.2, 0.25) is 0 Å². The maximum atomic E-state index is 12.4. The van der Waals surface area contributed by atoms with Crippen LogP contribution >= 0.6 is 0 Å². The highest BCUT2D eigenvalue weighted by atomic mass is 32.2. The molecule has 1 saturated heterocycles. The van der Waals surface area contributed by atoms with Crippen LogP contribution in [0, 0.1) is 11.3 Å². The van der Waals surface area contributed by atoms with Gasteiger partial charge in [-0.05, 0) is 24.3 Å². The Hall–Kier alpha value is -1.44. The molecule has 1 aromatic carbocycles. The number of amidine groups is 1. The van der Waals surface area contributed by atoms with Crippen LogP contribution in [-0.2, 0) is 10.2 Å². The van der Waals surface area contributed by atoms with Crippen LogP contribution in [0.1, 0.15) is 31.4 Å². The van der Waals surface area contributed by atoms with E-state index in [1.54, 1.807) is 24.3 Å². The Bertz CT molecular complexity index is 580. The predicted octanol–water partition coefficient (Wildman–Crippen LogP) is 1.23. The second-order valence-corrected chi connectivity index (χ2v) is 7.21. The summed E-state index contributed by atoms with van der Waals surface area (Å²) in [6.45, 7) is 3.14. The van der Waals surface area contributed by atoms with Gasteiger partial charge in [0.15, 0.2) is 0 Å². The monoisotopic (exact) mass is 310 g/mol. The van der Waals surface area contributed by atoms with Crippen molar-refractivity contribution in [2.45, 2.75) is 25.8 Å². The Morgan fingerprint density at radius 2 is 1.90 bits per heavy atom. The van der Waals surface area contributed by atoms with Gasteiger partial charge in [-0.1, -0.05) is 37.3 Å². The van der Waals surface area contributed by atoms with Gasteiger partial charge >= 0.3 is 0 Å². The third-order valence-corrected chi connectivity index (χ3v) is 5.37. The summed E-state index contributed by atoms with van der Waals surface area (Å²) in [5, 5.41) is 7.65. The van der Waals surface area contributed by atoms with Crippen molar-refractivity contribution in [2.24, 2.45) is 11.7 Å². The lowest BCUT2D eigenvalue weighted by Gasteiger charge is -2.31. The van der Waals surface area contributed by atoms with E-state index >= 15 is 0 Å². The number of hydrogen-bond donors (Lipinski definition) is 3. The van der Waals surface area contributed by atoms with Crippen LogP contribution in [-0.4, -0.2) is 31.6 Å². The van der Waals surface area contributed by atoms with Gasteiger partial charge in [-0.25, -0.2) is 0 Å². The lowest BCUT2D eigenvalue weighted by molar-refractivity contribution is 0.284. The van der Waals surface area contributed by atoms with Crippen molar-refractivity contribution >= 4 is 16.0 Å². The second-order valence-electron chi connectivity index (χ2n) is 5.50. The van der Waals surface area contributed by atoms with E-state index in [0.717, 1.165) is 12.8 Å². The summed E-state index contributed by atoms with van der Waals surface area (Å²) in [5.41, 5.74) is 6.23. The lowest BCUT2D eigenvalue weighted by Crippen LogP contribution is -2.48. The third kappa shape index (κ3) is 4.03. The van der Waals surface area contributed by atoms with Crippen molar-refractivity contribution in [1.82, 2.24) is 9.03 Å². The zero-order valence-electron chi connectivity index (χ0n) is 12.1. The van der Waals surface area contributed by atoms with Gasteiger partial charge < -0.3 is 5.73 Å². The molecule has 0 radical (unpaired) electrons.